The topological polar surface area (TPSA) is 45.0 Å². The first kappa shape index (κ1) is 18.5. The van der Waals surface area contributed by atoms with Crippen LogP contribution in [0.15, 0.2) is 0 Å². The van der Waals surface area contributed by atoms with Crippen molar-refractivity contribution in [3.63, 3.8) is 0 Å². The maximum atomic E-state index is 9.51. The molecule has 0 aliphatic heterocycles. The smallest absolute Gasteiger partial charge is 0.109 e. The summed E-state index contributed by atoms with van der Waals surface area (Å²) in [5.74, 6) is 0.465. The Bertz CT molecular complexity index is 300. The van der Waals surface area contributed by atoms with E-state index in [4.69, 9.17) is 4.74 Å². The summed E-state index contributed by atoms with van der Waals surface area (Å²) in [6, 6.07) is 2.54. The Labute approximate surface area is 131 Å². The molecule has 2 unspecified atom stereocenters. The lowest BCUT2D eigenvalue weighted by molar-refractivity contribution is 0.108. The Kier molecular flexibility index (Phi) is 9.70. The van der Waals surface area contributed by atoms with E-state index in [2.05, 4.69) is 25.2 Å². The van der Waals surface area contributed by atoms with Gasteiger partial charge in [0.2, 0.25) is 0 Å². The Hall–Kier alpha value is -0.590. The van der Waals surface area contributed by atoms with E-state index in [9.17, 15) is 5.26 Å². The van der Waals surface area contributed by atoms with Gasteiger partial charge in [0, 0.05) is 13.2 Å². The average molecular weight is 294 g/mol. The van der Waals surface area contributed by atoms with Crippen LogP contribution in [-0.2, 0) is 4.74 Å². The van der Waals surface area contributed by atoms with Gasteiger partial charge in [0.05, 0.1) is 6.07 Å². The molecule has 1 fully saturated rings. The van der Waals surface area contributed by atoms with Crippen molar-refractivity contribution in [2.75, 3.05) is 19.8 Å². The predicted octanol–water partition coefficient (Wildman–Crippen LogP) is 4.43. The minimum absolute atomic E-state index is 0.280. The van der Waals surface area contributed by atoms with Gasteiger partial charge in [-0.3, -0.25) is 5.32 Å². The van der Waals surface area contributed by atoms with Crippen molar-refractivity contribution in [3.8, 4) is 6.07 Å². The first-order valence-corrected chi connectivity index (χ1v) is 9.03. The van der Waals surface area contributed by atoms with E-state index in [1.54, 1.807) is 0 Å². The number of unbranched alkanes of at least 4 members (excludes halogenated alkanes) is 5. The third-order valence-electron chi connectivity index (χ3n) is 4.77. The molecule has 0 bridgehead atoms. The molecule has 1 rings (SSSR count). The zero-order valence-electron chi connectivity index (χ0n) is 14.1. The molecular formula is C18H34N2O. The summed E-state index contributed by atoms with van der Waals surface area (Å²) in [5, 5.41) is 12.9. The van der Waals surface area contributed by atoms with Crippen molar-refractivity contribution >= 4 is 0 Å². The molecule has 0 aromatic rings. The third-order valence-corrected chi connectivity index (χ3v) is 4.77. The quantitative estimate of drug-likeness (QED) is 0.542. The van der Waals surface area contributed by atoms with Crippen LogP contribution in [0.25, 0.3) is 0 Å². The summed E-state index contributed by atoms with van der Waals surface area (Å²) in [4.78, 5) is 0. The molecule has 0 radical (unpaired) electrons. The molecule has 1 N–H and O–H groups in total. The lowest BCUT2D eigenvalue weighted by atomic mass is 9.86. The number of nitrogens with one attached hydrogen (secondary N) is 1. The molecule has 0 saturated heterocycles. The standard InChI is InChI=1S/C18H34N2O/c1-3-5-6-7-8-9-14-21-15-12-17-11-10-13-18(17,16-19)20-4-2/h17,20H,3-15H2,1-2H3. The molecule has 21 heavy (non-hydrogen) atoms. The number of nitriles is 1. The van der Waals surface area contributed by atoms with E-state index in [0.29, 0.717) is 5.92 Å². The fourth-order valence-electron chi connectivity index (χ4n) is 3.52. The van der Waals surface area contributed by atoms with E-state index in [-0.39, 0.29) is 5.54 Å². The van der Waals surface area contributed by atoms with Crippen LogP contribution in [0.2, 0.25) is 0 Å². The van der Waals surface area contributed by atoms with Gasteiger partial charge >= 0.3 is 0 Å². The van der Waals surface area contributed by atoms with Crippen LogP contribution in [0, 0.1) is 17.2 Å². The molecule has 3 nitrogen and oxygen atoms in total. The van der Waals surface area contributed by atoms with Gasteiger partial charge in [0.25, 0.3) is 0 Å². The maximum Gasteiger partial charge on any atom is 0.109 e. The number of nitrogens with zero attached hydrogens (tertiary/aromatic N) is 1. The van der Waals surface area contributed by atoms with Crippen molar-refractivity contribution in [1.29, 1.82) is 5.26 Å². The number of hydrogen-bond donors (Lipinski definition) is 1. The Morgan fingerprint density at radius 3 is 2.62 bits per heavy atom. The van der Waals surface area contributed by atoms with E-state index in [0.717, 1.165) is 32.6 Å². The number of hydrogen-bond acceptors (Lipinski definition) is 3. The SMILES string of the molecule is CCCCCCCCOCCC1CCCC1(C#N)NCC. The van der Waals surface area contributed by atoms with Crippen molar-refractivity contribution in [3.05, 3.63) is 0 Å². The van der Waals surface area contributed by atoms with Gasteiger partial charge in [-0.15, -0.1) is 0 Å². The zero-order valence-corrected chi connectivity index (χ0v) is 14.1. The predicted molar refractivity (Wildman–Crippen MR) is 88.2 cm³/mol. The second kappa shape index (κ2) is 11.0. The summed E-state index contributed by atoms with van der Waals surface area (Å²) in [6.45, 7) is 6.92. The van der Waals surface area contributed by atoms with Gasteiger partial charge < -0.3 is 4.74 Å². The second-order valence-electron chi connectivity index (χ2n) is 6.37. The molecule has 0 aromatic heterocycles. The van der Waals surface area contributed by atoms with Crippen molar-refractivity contribution in [2.24, 2.45) is 5.92 Å². The van der Waals surface area contributed by atoms with Crippen molar-refractivity contribution in [1.82, 2.24) is 5.32 Å². The van der Waals surface area contributed by atoms with Crippen LogP contribution in [0.4, 0.5) is 0 Å². The molecule has 1 aliphatic carbocycles. The van der Waals surface area contributed by atoms with Crippen LogP contribution < -0.4 is 5.32 Å². The fourth-order valence-corrected chi connectivity index (χ4v) is 3.52. The molecule has 2 atom stereocenters. The molecule has 3 heteroatoms. The van der Waals surface area contributed by atoms with Crippen molar-refractivity contribution < 1.29 is 4.74 Å². The number of ether oxygens (including phenoxy) is 1. The van der Waals surface area contributed by atoms with Gasteiger partial charge in [-0.05, 0) is 38.1 Å². The Morgan fingerprint density at radius 2 is 1.90 bits per heavy atom. The molecular weight excluding hydrogens is 260 g/mol. The molecule has 0 spiro atoms. The molecule has 1 saturated carbocycles. The largest absolute Gasteiger partial charge is 0.381 e. The minimum atomic E-state index is -0.280. The number of rotatable bonds is 12. The highest BCUT2D eigenvalue weighted by Crippen LogP contribution is 2.37. The van der Waals surface area contributed by atoms with E-state index in [1.165, 1.54) is 51.4 Å². The highest BCUT2D eigenvalue weighted by molar-refractivity contribution is 5.13. The molecule has 122 valence electrons. The lowest BCUT2D eigenvalue weighted by Crippen LogP contribution is -2.47. The normalized spacial score (nSPS) is 25.1. The van der Waals surface area contributed by atoms with Gasteiger partial charge in [-0.25, -0.2) is 0 Å². The highest BCUT2D eigenvalue weighted by Gasteiger charge is 2.42. The molecule has 0 aromatic carbocycles. The van der Waals surface area contributed by atoms with Crippen molar-refractivity contribution in [2.45, 2.75) is 83.6 Å². The van der Waals surface area contributed by atoms with E-state index in [1.807, 2.05) is 0 Å². The summed E-state index contributed by atoms with van der Waals surface area (Å²) in [6.07, 6.45) is 12.2. The zero-order chi connectivity index (χ0) is 15.4. The second-order valence-corrected chi connectivity index (χ2v) is 6.37. The first-order valence-electron chi connectivity index (χ1n) is 9.03. The van der Waals surface area contributed by atoms with Gasteiger partial charge in [-0.2, -0.15) is 5.26 Å². The summed E-state index contributed by atoms with van der Waals surface area (Å²) < 4.78 is 5.78. The third kappa shape index (κ3) is 6.36. The Morgan fingerprint density at radius 1 is 1.14 bits per heavy atom. The van der Waals surface area contributed by atoms with Crippen LogP contribution >= 0.6 is 0 Å². The Balaban J connectivity index is 2.08. The van der Waals surface area contributed by atoms with Crippen LogP contribution in [0.5, 0.6) is 0 Å². The molecule has 0 heterocycles. The maximum absolute atomic E-state index is 9.51. The van der Waals surface area contributed by atoms with Gasteiger partial charge in [0.1, 0.15) is 5.54 Å². The summed E-state index contributed by atoms with van der Waals surface area (Å²) >= 11 is 0. The van der Waals surface area contributed by atoms with E-state index < -0.39 is 0 Å². The van der Waals surface area contributed by atoms with Crippen LogP contribution in [0.1, 0.15) is 78.1 Å². The van der Waals surface area contributed by atoms with E-state index >= 15 is 0 Å². The summed E-state index contributed by atoms with van der Waals surface area (Å²) in [7, 11) is 0. The fraction of sp³-hybridized carbons (Fsp3) is 0.944. The summed E-state index contributed by atoms with van der Waals surface area (Å²) in [5.41, 5.74) is -0.280. The van der Waals surface area contributed by atoms with Crippen LogP contribution in [0.3, 0.4) is 0 Å². The monoisotopic (exact) mass is 294 g/mol. The first-order chi connectivity index (χ1) is 10.3. The van der Waals surface area contributed by atoms with Gasteiger partial charge in [-0.1, -0.05) is 52.4 Å². The van der Waals surface area contributed by atoms with Gasteiger partial charge in [0.15, 0.2) is 0 Å². The highest BCUT2D eigenvalue weighted by atomic mass is 16.5. The lowest BCUT2D eigenvalue weighted by Gasteiger charge is -2.29. The molecule has 1 aliphatic rings. The van der Waals surface area contributed by atoms with Crippen LogP contribution in [-0.4, -0.2) is 25.3 Å². The minimum Gasteiger partial charge on any atom is -0.381 e. The average Bonchev–Trinajstić information content (AvgIpc) is 2.89. The molecule has 0 amide bonds.